The van der Waals surface area contributed by atoms with Gasteiger partial charge in [-0.1, -0.05) is 19.3 Å². The first-order valence-electron chi connectivity index (χ1n) is 7.91. The van der Waals surface area contributed by atoms with Gasteiger partial charge in [-0.05, 0) is 30.9 Å². The topological polar surface area (TPSA) is 84.9 Å². The number of ether oxygens (including phenoxy) is 2. The molecule has 1 aliphatic carbocycles. The summed E-state index contributed by atoms with van der Waals surface area (Å²) in [7, 11) is 1.48. The fourth-order valence-electron chi connectivity index (χ4n) is 2.77. The molecule has 6 heteroatoms. The van der Waals surface area contributed by atoms with Crippen LogP contribution in [0.5, 0.6) is 11.5 Å². The number of carbonyl (C=O) groups excluding carboxylic acids is 1. The fraction of sp³-hybridized carbons (Fsp3) is 0.529. The number of amides is 1. The molecule has 2 N–H and O–H groups in total. The van der Waals surface area contributed by atoms with E-state index in [-0.39, 0.29) is 23.8 Å². The van der Waals surface area contributed by atoms with Gasteiger partial charge in [-0.15, -0.1) is 0 Å². The number of carboxylic acids is 1. The number of hydrogen-bond acceptors (Lipinski definition) is 4. The van der Waals surface area contributed by atoms with Crippen molar-refractivity contribution < 1.29 is 24.2 Å². The van der Waals surface area contributed by atoms with Gasteiger partial charge in [-0.2, -0.15) is 0 Å². The van der Waals surface area contributed by atoms with E-state index >= 15 is 0 Å². The Kier molecular flexibility index (Phi) is 6.26. The third kappa shape index (κ3) is 5.16. The minimum absolute atomic E-state index is 0.00544. The van der Waals surface area contributed by atoms with E-state index < -0.39 is 5.97 Å². The second-order valence-electron chi connectivity index (χ2n) is 5.76. The predicted molar refractivity (Wildman–Crippen MR) is 85.0 cm³/mol. The molecule has 0 heterocycles. The van der Waals surface area contributed by atoms with Gasteiger partial charge in [0.2, 0.25) is 0 Å². The average Bonchev–Trinajstić information content (AvgIpc) is 2.58. The van der Waals surface area contributed by atoms with Gasteiger partial charge >= 0.3 is 5.97 Å². The molecule has 1 aliphatic rings. The summed E-state index contributed by atoms with van der Waals surface area (Å²) in [5.74, 6) is -0.198. The minimum Gasteiger partial charge on any atom is -0.497 e. The lowest BCUT2D eigenvalue weighted by molar-refractivity contribution is -0.123. The zero-order chi connectivity index (χ0) is 16.7. The molecule has 1 amide bonds. The van der Waals surface area contributed by atoms with E-state index in [2.05, 4.69) is 5.32 Å². The van der Waals surface area contributed by atoms with Crippen molar-refractivity contribution in [2.24, 2.45) is 5.92 Å². The Bertz CT molecular complexity index is 552. The van der Waals surface area contributed by atoms with Gasteiger partial charge in [0.25, 0.3) is 5.91 Å². The Hall–Kier alpha value is -2.24. The lowest BCUT2D eigenvalue weighted by atomic mass is 9.89. The normalized spacial score (nSPS) is 15.0. The lowest BCUT2D eigenvalue weighted by Gasteiger charge is -2.21. The van der Waals surface area contributed by atoms with Crippen LogP contribution in [0.25, 0.3) is 0 Å². The smallest absolute Gasteiger partial charge is 0.339 e. The van der Waals surface area contributed by atoms with Gasteiger partial charge in [-0.25, -0.2) is 4.79 Å². The molecule has 0 unspecified atom stereocenters. The first kappa shape index (κ1) is 17.1. The quantitative estimate of drug-likeness (QED) is 0.806. The standard InChI is InChI=1S/C17H23NO5/c1-22-13-7-8-14(17(20)21)15(9-13)23-11-16(19)18-10-12-5-3-2-4-6-12/h7-9,12H,2-6,10-11H2,1H3,(H,18,19)(H,20,21). The number of aromatic carboxylic acids is 1. The molecule has 23 heavy (non-hydrogen) atoms. The van der Waals surface area contributed by atoms with Crippen LogP contribution in [-0.2, 0) is 4.79 Å². The summed E-state index contributed by atoms with van der Waals surface area (Å²) in [6.45, 7) is 0.451. The van der Waals surface area contributed by atoms with E-state index in [1.165, 1.54) is 38.5 Å². The number of carbonyl (C=O) groups is 2. The van der Waals surface area contributed by atoms with Crippen LogP contribution in [0.1, 0.15) is 42.5 Å². The van der Waals surface area contributed by atoms with Gasteiger partial charge < -0.3 is 19.9 Å². The summed E-state index contributed by atoms with van der Waals surface area (Å²) in [5.41, 5.74) is 0.00544. The maximum absolute atomic E-state index is 11.9. The third-order valence-corrected chi connectivity index (χ3v) is 4.09. The highest BCUT2D eigenvalue weighted by Gasteiger charge is 2.16. The fourth-order valence-corrected chi connectivity index (χ4v) is 2.77. The van der Waals surface area contributed by atoms with Gasteiger partial charge in [0.05, 0.1) is 7.11 Å². The third-order valence-electron chi connectivity index (χ3n) is 4.09. The molecule has 1 fully saturated rings. The molecule has 0 radical (unpaired) electrons. The van der Waals surface area contributed by atoms with Crippen LogP contribution in [0.4, 0.5) is 0 Å². The van der Waals surface area contributed by atoms with Gasteiger partial charge in [0, 0.05) is 12.6 Å². The monoisotopic (exact) mass is 321 g/mol. The van der Waals surface area contributed by atoms with Crippen molar-refractivity contribution in [1.29, 1.82) is 0 Å². The van der Waals surface area contributed by atoms with Gasteiger partial charge in [0.15, 0.2) is 6.61 Å². The summed E-state index contributed by atoms with van der Waals surface area (Å²) in [6, 6.07) is 4.41. The number of hydrogen-bond donors (Lipinski definition) is 2. The number of methoxy groups -OCH3 is 1. The van der Waals surface area contributed by atoms with Crippen LogP contribution >= 0.6 is 0 Å². The summed E-state index contributed by atoms with van der Waals surface area (Å²) < 4.78 is 10.4. The molecule has 0 spiro atoms. The lowest BCUT2D eigenvalue weighted by Crippen LogP contribution is -2.33. The molecule has 1 aromatic rings. The highest BCUT2D eigenvalue weighted by Crippen LogP contribution is 2.25. The van der Waals surface area contributed by atoms with E-state index in [1.54, 1.807) is 6.07 Å². The van der Waals surface area contributed by atoms with Crippen LogP contribution in [-0.4, -0.2) is 37.2 Å². The van der Waals surface area contributed by atoms with Crippen molar-refractivity contribution in [1.82, 2.24) is 5.32 Å². The number of rotatable bonds is 7. The van der Waals surface area contributed by atoms with Crippen molar-refractivity contribution in [3.05, 3.63) is 23.8 Å². The first-order valence-corrected chi connectivity index (χ1v) is 7.91. The predicted octanol–water partition coefficient (Wildman–Crippen LogP) is 2.47. The highest BCUT2D eigenvalue weighted by atomic mass is 16.5. The molecule has 126 valence electrons. The van der Waals surface area contributed by atoms with Crippen LogP contribution in [0.15, 0.2) is 18.2 Å². The Balaban J connectivity index is 1.86. The maximum atomic E-state index is 11.9. The average molecular weight is 321 g/mol. The maximum Gasteiger partial charge on any atom is 0.339 e. The Morgan fingerprint density at radius 3 is 2.65 bits per heavy atom. The van der Waals surface area contributed by atoms with E-state index in [1.807, 2.05) is 0 Å². The highest BCUT2D eigenvalue weighted by molar-refractivity contribution is 5.91. The molecule has 0 bridgehead atoms. The summed E-state index contributed by atoms with van der Waals surface area (Å²) in [5, 5.41) is 12.0. The van der Waals surface area contributed by atoms with E-state index in [9.17, 15) is 9.59 Å². The number of nitrogens with one attached hydrogen (secondary N) is 1. The van der Waals surface area contributed by atoms with Crippen molar-refractivity contribution in [3.63, 3.8) is 0 Å². The summed E-state index contributed by atoms with van der Waals surface area (Å²) >= 11 is 0. The number of carboxylic acid groups (broad SMARTS) is 1. The molecule has 0 saturated heterocycles. The largest absolute Gasteiger partial charge is 0.497 e. The van der Waals surface area contributed by atoms with E-state index in [0.29, 0.717) is 18.2 Å². The molecule has 0 atom stereocenters. The van der Waals surface area contributed by atoms with Crippen molar-refractivity contribution >= 4 is 11.9 Å². The summed E-state index contributed by atoms with van der Waals surface area (Å²) in [6.07, 6.45) is 6.04. The van der Waals surface area contributed by atoms with Crippen LogP contribution < -0.4 is 14.8 Å². The SMILES string of the molecule is COc1ccc(C(=O)O)c(OCC(=O)NCC2CCCCC2)c1. The first-order chi connectivity index (χ1) is 11.1. The Labute approximate surface area is 135 Å². The molecular formula is C17H23NO5. The molecular weight excluding hydrogens is 298 g/mol. The molecule has 6 nitrogen and oxygen atoms in total. The van der Waals surface area contributed by atoms with Crippen LogP contribution in [0.3, 0.4) is 0 Å². The Morgan fingerprint density at radius 1 is 1.26 bits per heavy atom. The van der Waals surface area contributed by atoms with Gasteiger partial charge in [-0.3, -0.25) is 4.79 Å². The second-order valence-corrected chi connectivity index (χ2v) is 5.76. The molecule has 0 aromatic heterocycles. The zero-order valence-electron chi connectivity index (χ0n) is 13.3. The zero-order valence-corrected chi connectivity index (χ0v) is 13.3. The minimum atomic E-state index is -1.11. The molecule has 1 saturated carbocycles. The molecule has 1 aromatic carbocycles. The number of benzene rings is 1. The van der Waals surface area contributed by atoms with Crippen molar-refractivity contribution in [2.75, 3.05) is 20.3 Å². The van der Waals surface area contributed by atoms with Gasteiger partial charge in [0.1, 0.15) is 17.1 Å². The van der Waals surface area contributed by atoms with E-state index in [0.717, 1.165) is 12.8 Å². The molecule has 2 rings (SSSR count). The second kappa shape index (κ2) is 8.41. The Morgan fingerprint density at radius 2 is 2.00 bits per heavy atom. The van der Waals surface area contributed by atoms with Crippen molar-refractivity contribution in [2.45, 2.75) is 32.1 Å². The summed E-state index contributed by atoms with van der Waals surface area (Å²) in [4.78, 5) is 23.1. The van der Waals surface area contributed by atoms with Crippen LogP contribution in [0, 0.1) is 5.92 Å². The van der Waals surface area contributed by atoms with Crippen molar-refractivity contribution in [3.8, 4) is 11.5 Å². The molecule has 0 aliphatic heterocycles. The van der Waals surface area contributed by atoms with E-state index in [4.69, 9.17) is 14.6 Å². The van der Waals surface area contributed by atoms with Crippen LogP contribution in [0.2, 0.25) is 0 Å².